The predicted molar refractivity (Wildman–Crippen MR) is 34.5 cm³/mol. The number of carboxylic acids is 1. The number of aliphatic carboxylic acids is 1. The molecule has 1 heterocycles. The van der Waals surface area contributed by atoms with Gasteiger partial charge in [0.1, 0.15) is 0 Å². The Morgan fingerprint density at radius 3 is 3.00 bits per heavy atom. The van der Waals surface area contributed by atoms with Crippen LogP contribution >= 0.6 is 0 Å². The molecule has 0 fully saturated rings. The highest BCUT2D eigenvalue weighted by Gasteiger charge is 2.00. The molecule has 10 heavy (non-hydrogen) atoms. The van der Waals surface area contributed by atoms with Crippen LogP contribution in [0.1, 0.15) is 5.56 Å². The molecule has 0 unspecified atom stereocenters. The monoisotopic (exact) mass is 140 g/mol. The molecule has 0 bridgehead atoms. The third kappa shape index (κ3) is 1.58. The van der Waals surface area contributed by atoms with Gasteiger partial charge in [0.05, 0.1) is 12.6 Å². The molecule has 0 saturated heterocycles. The Morgan fingerprint density at radius 2 is 2.60 bits per heavy atom. The Kier molecular flexibility index (Phi) is 1.71. The fraction of sp³-hybridized carbons (Fsp3) is 0.333. The highest BCUT2D eigenvalue weighted by molar-refractivity contribution is 5.69. The quantitative estimate of drug-likeness (QED) is 0.631. The molecular formula is C6H8N2O2. The number of aryl methyl sites for hydroxylation is 1. The van der Waals surface area contributed by atoms with Gasteiger partial charge in [-0.05, 0) is 0 Å². The van der Waals surface area contributed by atoms with Crippen molar-refractivity contribution in [2.24, 2.45) is 7.05 Å². The predicted octanol–water partition coefficient (Wildman–Crippen LogP) is 0.0472. The molecule has 1 aromatic rings. The molecular weight excluding hydrogens is 132 g/mol. The zero-order valence-electron chi connectivity index (χ0n) is 5.61. The van der Waals surface area contributed by atoms with E-state index < -0.39 is 5.97 Å². The lowest BCUT2D eigenvalue weighted by Gasteiger charge is -1.85. The molecule has 1 rings (SSSR count). The van der Waals surface area contributed by atoms with Gasteiger partial charge >= 0.3 is 5.97 Å². The van der Waals surface area contributed by atoms with Gasteiger partial charge in [0.2, 0.25) is 0 Å². The molecule has 54 valence electrons. The van der Waals surface area contributed by atoms with E-state index >= 15 is 0 Å². The van der Waals surface area contributed by atoms with E-state index in [0.29, 0.717) is 0 Å². The summed E-state index contributed by atoms with van der Waals surface area (Å²) in [4.78, 5) is 10.1. The molecule has 4 nitrogen and oxygen atoms in total. The fourth-order valence-corrected chi connectivity index (χ4v) is 0.738. The molecule has 0 aliphatic carbocycles. The maximum Gasteiger partial charge on any atom is 0.307 e. The Balaban J connectivity index is 2.67. The lowest BCUT2D eigenvalue weighted by molar-refractivity contribution is -0.136. The first-order valence-corrected chi connectivity index (χ1v) is 2.88. The third-order valence-electron chi connectivity index (χ3n) is 1.11. The van der Waals surface area contributed by atoms with Crippen molar-refractivity contribution in [1.82, 2.24) is 9.78 Å². The molecule has 0 saturated carbocycles. The van der Waals surface area contributed by atoms with E-state index in [9.17, 15) is 4.79 Å². The summed E-state index contributed by atoms with van der Waals surface area (Å²) in [6.45, 7) is 0. The van der Waals surface area contributed by atoms with Crippen molar-refractivity contribution in [2.45, 2.75) is 6.42 Å². The van der Waals surface area contributed by atoms with Gasteiger partial charge in [-0.1, -0.05) is 0 Å². The molecule has 0 amide bonds. The third-order valence-corrected chi connectivity index (χ3v) is 1.11. The molecule has 0 radical (unpaired) electrons. The SMILES string of the molecule is Cn1cc(CC(=O)O)cn1. The van der Waals surface area contributed by atoms with Crippen LogP contribution < -0.4 is 0 Å². The first kappa shape index (κ1) is 6.80. The second-order valence-electron chi connectivity index (χ2n) is 2.09. The molecule has 1 aromatic heterocycles. The van der Waals surface area contributed by atoms with Crippen LogP contribution in [0.15, 0.2) is 12.4 Å². The van der Waals surface area contributed by atoms with Crippen molar-refractivity contribution in [3.8, 4) is 0 Å². The minimum atomic E-state index is -0.826. The second-order valence-corrected chi connectivity index (χ2v) is 2.09. The number of aromatic nitrogens is 2. The van der Waals surface area contributed by atoms with E-state index in [1.54, 1.807) is 24.1 Å². The van der Waals surface area contributed by atoms with E-state index in [1.165, 1.54) is 0 Å². The molecule has 1 N–H and O–H groups in total. The van der Waals surface area contributed by atoms with Crippen LogP contribution in [0, 0.1) is 0 Å². The largest absolute Gasteiger partial charge is 0.481 e. The standard InChI is InChI=1S/C6H8N2O2/c1-8-4-5(3-7-8)2-6(9)10/h3-4H,2H2,1H3,(H,9,10). The first-order valence-electron chi connectivity index (χ1n) is 2.88. The lowest BCUT2D eigenvalue weighted by atomic mass is 10.3. The van der Waals surface area contributed by atoms with Crippen LogP contribution in [0.3, 0.4) is 0 Å². The Morgan fingerprint density at radius 1 is 1.90 bits per heavy atom. The summed E-state index contributed by atoms with van der Waals surface area (Å²) in [5, 5.41) is 12.2. The van der Waals surface area contributed by atoms with Gasteiger partial charge in [0, 0.05) is 18.8 Å². The molecule has 0 atom stereocenters. The summed E-state index contributed by atoms with van der Waals surface area (Å²) in [5.41, 5.74) is 0.731. The van der Waals surface area contributed by atoms with Gasteiger partial charge in [-0.3, -0.25) is 9.48 Å². The molecule has 4 heteroatoms. The van der Waals surface area contributed by atoms with E-state index in [4.69, 9.17) is 5.11 Å². The minimum Gasteiger partial charge on any atom is -0.481 e. The van der Waals surface area contributed by atoms with Gasteiger partial charge in [0.25, 0.3) is 0 Å². The maximum absolute atomic E-state index is 10.1. The molecule has 0 aliphatic rings. The van der Waals surface area contributed by atoms with Crippen LogP contribution in [0.5, 0.6) is 0 Å². The smallest absolute Gasteiger partial charge is 0.307 e. The van der Waals surface area contributed by atoms with Crippen LogP contribution in [0.4, 0.5) is 0 Å². The fourth-order valence-electron chi connectivity index (χ4n) is 0.738. The van der Waals surface area contributed by atoms with Crippen LogP contribution in [0.25, 0.3) is 0 Å². The second kappa shape index (κ2) is 2.51. The number of nitrogens with zero attached hydrogens (tertiary/aromatic N) is 2. The highest BCUT2D eigenvalue weighted by Crippen LogP contribution is 1.96. The van der Waals surface area contributed by atoms with Crippen molar-refractivity contribution in [3.05, 3.63) is 18.0 Å². The zero-order chi connectivity index (χ0) is 7.56. The van der Waals surface area contributed by atoms with Crippen molar-refractivity contribution in [3.63, 3.8) is 0 Å². The Bertz CT molecular complexity index is 242. The van der Waals surface area contributed by atoms with Crippen LogP contribution in [-0.4, -0.2) is 20.9 Å². The van der Waals surface area contributed by atoms with Crippen molar-refractivity contribution < 1.29 is 9.90 Å². The average Bonchev–Trinajstić information content (AvgIpc) is 2.13. The number of carboxylic acid groups (broad SMARTS) is 1. The van der Waals surface area contributed by atoms with E-state index in [-0.39, 0.29) is 6.42 Å². The van der Waals surface area contributed by atoms with Crippen molar-refractivity contribution in [2.75, 3.05) is 0 Å². The molecule has 0 aromatic carbocycles. The normalized spacial score (nSPS) is 9.70. The van der Waals surface area contributed by atoms with Gasteiger partial charge in [-0.15, -0.1) is 0 Å². The molecule has 0 spiro atoms. The van der Waals surface area contributed by atoms with Gasteiger partial charge in [-0.25, -0.2) is 0 Å². The van der Waals surface area contributed by atoms with Crippen molar-refractivity contribution in [1.29, 1.82) is 0 Å². The summed E-state index contributed by atoms with van der Waals surface area (Å²) >= 11 is 0. The maximum atomic E-state index is 10.1. The van der Waals surface area contributed by atoms with Gasteiger partial charge in [-0.2, -0.15) is 5.10 Å². The minimum absolute atomic E-state index is 0.0494. The summed E-state index contributed by atoms with van der Waals surface area (Å²) < 4.78 is 1.58. The molecule has 0 aliphatic heterocycles. The summed E-state index contributed by atoms with van der Waals surface area (Å²) in [7, 11) is 1.76. The lowest BCUT2D eigenvalue weighted by Crippen LogP contribution is -1.98. The van der Waals surface area contributed by atoms with E-state index in [0.717, 1.165) is 5.56 Å². The number of rotatable bonds is 2. The van der Waals surface area contributed by atoms with E-state index in [1.807, 2.05) is 0 Å². The van der Waals surface area contributed by atoms with Crippen LogP contribution in [-0.2, 0) is 18.3 Å². The number of carbonyl (C=O) groups is 1. The van der Waals surface area contributed by atoms with Crippen molar-refractivity contribution >= 4 is 5.97 Å². The topological polar surface area (TPSA) is 55.1 Å². The van der Waals surface area contributed by atoms with Crippen LogP contribution in [0.2, 0.25) is 0 Å². The summed E-state index contributed by atoms with van der Waals surface area (Å²) in [5.74, 6) is -0.826. The van der Waals surface area contributed by atoms with Gasteiger partial charge < -0.3 is 5.11 Å². The number of hydrogen-bond acceptors (Lipinski definition) is 2. The van der Waals surface area contributed by atoms with E-state index in [2.05, 4.69) is 5.10 Å². The number of hydrogen-bond donors (Lipinski definition) is 1. The zero-order valence-corrected chi connectivity index (χ0v) is 5.61. The first-order chi connectivity index (χ1) is 4.68. The summed E-state index contributed by atoms with van der Waals surface area (Å²) in [6, 6.07) is 0. The summed E-state index contributed by atoms with van der Waals surface area (Å²) in [6.07, 6.45) is 3.29. The average molecular weight is 140 g/mol. The Labute approximate surface area is 58.1 Å². The Hall–Kier alpha value is -1.32. The highest BCUT2D eigenvalue weighted by atomic mass is 16.4. The van der Waals surface area contributed by atoms with Gasteiger partial charge in [0.15, 0.2) is 0 Å².